The monoisotopic (exact) mass is 364 g/mol. The molecule has 0 atom stereocenters. The third kappa shape index (κ3) is 3.72. The van der Waals surface area contributed by atoms with Crippen molar-refractivity contribution in [2.45, 2.75) is 37.6 Å². The number of rotatable bonds is 7. The van der Waals surface area contributed by atoms with Crippen LogP contribution in [0.15, 0.2) is 27.6 Å². The molecule has 0 amide bonds. The van der Waals surface area contributed by atoms with E-state index >= 15 is 0 Å². The highest BCUT2D eigenvalue weighted by atomic mass is 79.9. The Bertz CT molecular complexity index is 545. The van der Waals surface area contributed by atoms with E-state index in [0.717, 1.165) is 0 Å². The highest BCUT2D eigenvalue weighted by Gasteiger charge is 2.30. The Morgan fingerprint density at radius 2 is 1.95 bits per heavy atom. The second-order valence-corrected chi connectivity index (χ2v) is 7.27. The highest BCUT2D eigenvalue weighted by Crippen LogP contribution is 2.28. The molecule has 0 saturated heterocycles. The molecule has 0 aliphatic heterocycles. The summed E-state index contributed by atoms with van der Waals surface area (Å²) in [6.07, 6.45) is 1.37. The van der Waals surface area contributed by atoms with Crippen LogP contribution >= 0.6 is 15.9 Å². The largest absolute Gasteiger partial charge is 0.398 e. The summed E-state index contributed by atoms with van der Waals surface area (Å²) in [4.78, 5) is 0.0761. The summed E-state index contributed by atoms with van der Waals surface area (Å²) in [5.74, 6) is 0. The number of halogens is 1. The van der Waals surface area contributed by atoms with Crippen LogP contribution in [0.2, 0.25) is 0 Å². The maximum atomic E-state index is 12.8. The van der Waals surface area contributed by atoms with Crippen molar-refractivity contribution in [3.05, 3.63) is 22.7 Å². The maximum Gasteiger partial charge on any atom is 0.245 e. The number of aliphatic hydroxyl groups excluding tert-OH is 1. The molecule has 20 heavy (non-hydrogen) atoms. The van der Waals surface area contributed by atoms with E-state index in [4.69, 9.17) is 10.8 Å². The number of nitrogens with zero attached hydrogens (tertiary/aromatic N) is 1. The minimum atomic E-state index is -3.72. The molecule has 0 bridgehead atoms. The molecule has 5 nitrogen and oxygen atoms in total. The zero-order chi connectivity index (χ0) is 15.3. The van der Waals surface area contributed by atoms with Gasteiger partial charge in [-0.15, -0.1) is 0 Å². The fourth-order valence-corrected chi connectivity index (χ4v) is 4.57. The Labute approximate surface area is 129 Å². The van der Waals surface area contributed by atoms with Gasteiger partial charge in [-0.2, -0.15) is 4.31 Å². The Morgan fingerprint density at radius 1 is 1.35 bits per heavy atom. The van der Waals surface area contributed by atoms with Gasteiger partial charge in [0.2, 0.25) is 10.0 Å². The third-order valence-corrected chi connectivity index (χ3v) is 5.73. The molecule has 1 aromatic rings. The summed E-state index contributed by atoms with van der Waals surface area (Å²) in [5.41, 5.74) is 6.01. The Kier molecular flexibility index (Phi) is 6.44. The summed E-state index contributed by atoms with van der Waals surface area (Å²) < 4.78 is 27.5. The van der Waals surface area contributed by atoms with Crippen LogP contribution in [0.5, 0.6) is 0 Å². The van der Waals surface area contributed by atoms with E-state index in [2.05, 4.69) is 15.9 Å². The van der Waals surface area contributed by atoms with Crippen LogP contribution in [0.25, 0.3) is 0 Å². The van der Waals surface area contributed by atoms with Crippen LogP contribution in [-0.2, 0) is 10.0 Å². The van der Waals surface area contributed by atoms with Crippen LogP contribution < -0.4 is 5.73 Å². The summed E-state index contributed by atoms with van der Waals surface area (Å²) in [7, 11) is -3.72. The molecule has 0 radical (unpaired) electrons. The Morgan fingerprint density at radius 3 is 2.45 bits per heavy atom. The lowest BCUT2D eigenvalue weighted by Gasteiger charge is -2.29. The average Bonchev–Trinajstić information content (AvgIpc) is 2.41. The lowest BCUT2D eigenvalue weighted by molar-refractivity contribution is 0.219. The molecule has 7 heteroatoms. The van der Waals surface area contributed by atoms with Crippen molar-refractivity contribution in [2.75, 3.05) is 18.9 Å². The number of sulfonamides is 1. The zero-order valence-electron chi connectivity index (χ0n) is 11.7. The molecule has 0 unspecified atom stereocenters. The van der Waals surface area contributed by atoms with E-state index in [1.807, 2.05) is 13.8 Å². The van der Waals surface area contributed by atoms with Crippen molar-refractivity contribution >= 4 is 31.6 Å². The van der Waals surface area contributed by atoms with Crippen molar-refractivity contribution in [1.29, 1.82) is 0 Å². The smallest absolute Gasteiger partial charge is 0.245 e. The first kappa shape index (κ1) is 17.4. The molecular weight excluding hydrogens is 344 g/mol. The van der Waals surface area contributed by atoms with E-state index < -0.39 is 10.0 Å². The number of anilines is 1. The quantitative estimate of drug-likeness (QED) is 0.726. The van der Waals surface area contributed by atoms with Crippen LogP contribution in [0, 0.1) is 0 Å². The molecule has 1 rings (SSSR count). The molecule has 0 heterocycles. The van der Waals surface area contributed by atoms with E-state index in [9.17, 15) is 8.42 Å². The van der Waals surface area contributed by atoms with Crippen molar-refractivity contribution in [3.8, 4) is 0 Å². The predicted molar refractivity (Wildman–Crippen MR) is 83.9 cm³/mol. The summed E-state index contributed by atoms with van der Waals surface area (Å²) in [6.45, 7) is 3.71. The summed E-state index contributed by atoms with van der Waals surface area (Å²) >= 11 is 3.26. The third-order valence-electron chi connectivity index (χ3n) is 3.23. The normalized spacial score (nSPS) is 12.3. The first-order valence-corrected chi connectivity index (χ1v) is 8.79. The predicted octanol–water partition coefficient (Wildman–Crippen LogP) is 2.20. The van der Waals surface area contributed by atoms with Gasteiger partial charge >= 0.3 is 0 Å². The van der Waals surface area contributed by atoms with Gasteiger partial charge in [0.25, 0.3) is 0 Å². The lowest BCUT2D eigenvalue weighted by atomic mass is 10.2. The molecule has 3 N–H and O–H groups in total. The van der Waals surface area contributed by atoms with Gasteiger partial charge in [-0.05, 0) is 31.0 Å². The molecule has 0 saturated carbocycles. The second-order valence-electron chi connectivity index (χ2n) is 4.49. The fourth-order valence-electron chi connectivity index (χ4n) is 2.15. The Balaban J connectivity index is 3.32. The molecule has 0 spiro atoms. The van der Waals surface area contributed by atoms with E-state index in [1.54, 1.807) is 12.1 Å². The minimum absolute atomic E-state index is 0.0701. The number of hydrogen-bond donors (Lipinski definition) is 2. The molecular formula is C13H21BrN2O3S. The van der Waals surface area contributed by atoms with Crippen LogP contribution in [0.3, 0.4) is 0 Å². The van der Waals surface area contributed by atoms with Crippen molar-refractivity contribution in [3.63, 3.8) is 0 Å². The van der Waals surface area contributed by atoms with Gasteiger partial charge in [-0.25, -0.2) is 8.42 Å². The first-order valence-electron chi connectivity index (χ1n) is 6.56. The summed E-state index contributed by atoms with van der Waals surface area (Å²) in [6, 6.07) is 4.60. The molecule has 0 aliphatic carbocycles. The molecule has 114 valence electrons. The Hall–Kier alpha value is -0.630. The van der Waals surface area contributed by atoms with E-state index in [-0.39, 0.29) is 29.8 Å². The van der Waals surface area contributed by atoms with Crippen molar-refractivity contribution in [2.24, 2.45) is 0 Å². The number of nitrogen functional groups attached to an aromatic ring is 1. The van der Waals surface area contributed by atoms with Gasteiger partial charge in [0.05, 0.1) is 12.3 Å². The van der Waals surface area contributed by atoms with Crippen LogP contribution in [0.4, 0.5) is 5.69 Å². The maximum absolute atomic E-state index is 12.8. The number of hydrogen-bond acceptors (Lipinski definition) is 4. The fraction of sp³-hybridized carbons (Fsp3) is 0.538. The second kappa shape index (κ2) is 7.40. The van der Waals surface area contributed by atoms with Crippen LogP contribution in [-0.4, -0.2) is 37.0 Å². The number of nitrogens with two attached hydrogens (primary N) is 1. The van der Waals surface area contributed by atoms with Gasteiger partial charge < -0.3 is 10.8 Å². The topological polar surface area (TPSA) is 83.6 Å². The molecule has 0 aliphatic rings. The van der Waals surface area contributed by atoms with Crippen LogP contribution in [0.1, 0.15) is 26.7 Å². The standard InChI is InChI=1S/C13H21BrN2O3S/c1-3-11(4-2)16(7-8-17)20(18,19)13-9-10(14)5-6-12(13)15/h5-6,9,11,17H,3-4,7-8,15H2,1-2H3. The van der Waals surface area contributed by atoms with E-state index in [0.29, 0.717) is 17.3 Å². The number of aliphatic hydroxyl groups is 1. The zero-order valence-corrected chi connectivity index (χ0v) is 14.1. The first-order chi connectivity index (χ1) is 9.38. The molecule has 1 aromatic carbocycles. The summed E-state index contributed by atoms with van der Waals surface area (Å²) in [5, 5.41) is 9.16. The van der Waals surface area contributed by atoms with Gasteiger partial charge in [0.15, 0.2) is 0 Å². The molecule has 0 aromatic heterocycles. The van der Waals surface area contributed by atoms with Crippen molar-refractivity contribution < 1.29 is 13.5 Å². The van der Waals surface area contributed by atoms with Gasteiger partial charge in [-0.1, -0.05) is 29.8 Å². The van der Waals surface area contributed by atoms with Gasteiger partial charge in [-0.3, -0.25) is 0 Å². The average molecular weight is 365 g/mol. The van der Waals surface area contributed by atoms with Gasteiger partial charge in [0.1, 0.15) is 4.90 Å². The number of benzene rings is 1. The highest BCUT2D eigenvalue weighted by molar-refractivity contribution is 9.10. The van der Waals surface area contributed by atoms with Crippen molar-refractivity contribution in [1.82, 2.24) is 4.31 Å². The lowest BCUT2D eigenvalue weighted by Crippen LogP contribution is -2.41. The minimum Gasteiger partial charge on any atom is -0.398 e. The van der Waals surface area contributed by atoms with Gasteiger partial charge in [0, 0.05) is 17.1 Å². The van der Waals surface area contributed by atoms with E-state index in [1.165, 1.54) is 10.4 Å². The SMILES string of the molecule is CCC(CC)N(CCO)S(=O)(=O)c1cc(Br)ccc1N. The molecule has 0 fully saturated rings.